The first kappa shape index (κ1) is 23.7. The first-order valence-electron chi connectivity index (χ1n) is 13.1. The lowest BCUT2D eigenvalue weighted by Gasteiger charge is -2.64. The number of Topliss-reactive ketones (excluding diaryl/α,β-unsaturated/α-hetero) is 1. The maximum atomic E-state index is 13.3. The number of carbonyl (C=O) groups is 1. The molecule has 31 heavy (non-hydrogen) atoms. The fraction of sp³-hybridized carbons (Fsp3) is 0.963. The zero-order chi connectivity index (χ0) is 22.8. The quantitative estimate of drug-likeness (QED) is 0.584. The van der Waals surface area contributed by atoms with Gasteiger partial charge < -0.3 is 15.3 Å². The van der Waals surface area contributed by atoms with Crippen molar-refractivity contribution in [2.24, 2.45) is 46.3 Å². The van der Waals surface area contributed by atoms with Crippen molar-refractivity contribution in [1.29, 1.82) is 0 Å². The lowest BCUT2D eigenvalue weighted by Crippen LogP contribution is -2.71. The van der Waals surface area contributed by atoms with Gasteiger partial charge in [-0.05, 0) is 80.0 Å². The van der Waals surface area contributed by atoms with Gasteiger partial charge in [0.2, 0.25) is 0 Å². The molecule has 0 aromatic heterocycles. The number of ketones is 1. The zero-order valence-corrected chi connectivity index (χ0v) is 20.4. The molecule has 0 bridgehead atoms. The molecule has 0 saturated heterocycles. The van der Waals surface area contributed by atoms with E-state index in [1.807, 2.05) is 6.92 Å². The van der Waals surface area contributed by atoms with Crippen LogP contribution in [0.15, 0.2) is 0 Å². The van der Waals surface area contributed by atoms with E-state index in [1.165, 1.54) is 32.1 Å². The summed E-state index contributed by atoms with van der Waals surface area (Å²) in [6.45, 7) is 11.5. The Morgan fingerprint density at radius 1 is 1.03 bits per heavy atom. The van der Waals surface area contributed by atoms with Crippen LogP contribution in [0.2, 0.25) is 0 Å². The second-order valence-electron chi connectivity index (χ2n) is 12.8. The summed E-state index contributed by atoms with van der Waals surface area (Å²) in [5.74, 6) is 3.12. The SMILES string of the molecule is CC(C)CCCC(C)C1CCC2C3C[C@@H](O)[C@@]4(O)C[C@@H](O)CC(=O)[C@]4(C)C3CC[C@]12C. The van der Waals surface area contributed by atoms with Crippen LogP contribution >= 0.6 is 0 Å². The molecule has 0 aromatic rings. The zero-order valence-electron chi connectivity index (χ0n) is 20.4. The molecule has 0 aromatic carbocycles. The summed E-state index contributed by atoms with van der Waals surface area (Å²) in [6.07, 6.45) is 7.49. The highest BCUT2D eigenvalue weighted by atomic mass is 16.3. The van der Waals surface area contributed by atoms with E-state index < -0.39 is 23.2 Å². The minimum atomic E-state index is -1.49. The molecule has 4 nitrogen and oxygen atoms in total. The summed E-state index contributed by atoms with van der Waals surface area (Å²) in [7, 11) is 0. The molecule has 4 saturated carbocycles. The van der Waals surface area contributed by atoms with Crippen LogP contribution in [0.1, 0.15) is 98.8 Å². The molecule has 0 aliphatic heterocycles. The molecule has 5 unspecified atom stereocenters. The lowest BCUT2D eigenvalue weighted by molar-refractivity contribution is -0.251. The Balaban J connectivity index is 1.57. The Morgan fingerprint density at radius 3 is 2.42 bits per heavy atom. The smallest absolute Gasteiger partial charge is 0.144 e. The molecule has 4 fully saturated rings. The maximum Gasteiger partial charge on any atom is 0.144 e. The molecule has 4 aliphatic rings. The number of hydrogen-bond acceptors (Lipinski definition) is 4. The number of hydrogen-bond donors (Lipinski definition) is 3. The van der Waals surface area contributed by atoms with E-state index in [9.17, 15) is 20.1 Å². The van der Waals surface area contributed by atoms with Crippen molar-refractivity contribution in [2.45, 2.75) is 117 Å². The molecule has 178 valence electrons. The Hall–Kier alpha value is -0.450. The molecule has 3 N–H and O–H groups in total. The van der Waals surface area contributed by atoms with Crippen molar-refractivity contribution in [3.63, 3.8) is 0 Å². The molecule has 4 rings (SSSR count). The van der Waals surface area contributed by atoms with E-state index in [1.54, 1.807) is 0 Å². The average molecular weight is 435 g/mol. The van der Waals surface area contributed by atoms with Gasteiger partial charge in [0.1, 0.15) is 11.4 Å². The Kier molecular flexibility index (Phi) is 6.19. The second kappa shape index (κ2) is 8.09. The van der Waals surface area contributed by atoms with E-state index in [-0.39, 0.29) is 30.0 Å². The molecule has 10 atom stereocenters. The predicted octanol–water partition coefficient (Wildman–Crippen LogP) is 4.73. The summed E-state index contributed by atoms with van der Waals surface area (Å²) in [5, 5.41) is 32.9. The molecule has 0 heterocycles. The van der Waals surface area contributed by atoms with Crippen molar-refractivity contribution in [3.05, 3.63) is 0 Å². The maximum absolute atomic E-state index is 13.3. The van der Waals surface area contributed by atoms with Gasteiger partial charge in [0.15, 0.2) is 0 Å². The molecular formula is C27H46O4. The summed E-state index contributed by atoms with van der Waals surface area (Å²) < 4.78 is 0. The Bertz CT molecular complexity index is 691. The van der Waals surface area contributed by atoms with Crippen molar-refractivity contribution in [2.75, 3.05) is 0 Å². The highest BCUT2D eigenvalue weighted by Crippen LogP contribution is 2.68. The number of aliphatic hydroxyl groups is 3. The summed E-state index contributed by atoms with van der Waals surface area (Å²) >= 11 is 0. The van der Waals surface area contributed by atoms with Crippen molar-refractivity contribution < 1.29 is 20.1 Å². The first-order valence-corrected chi connectivity index (χ1v) is 13.1. The third-order valence-electron chi connectivity index (χ3n) is 10.9. The number of rotatable bonds is 5. The normalized spacial score (nSPS) is 50.7. The molecule has 4 aliphatic carbocycles. The summed E-state index contributed by atoms with van der Waals surface area (Å²) in [5.41, 5.74) is -2.14. The predicted molar refractivity (Wildman–Crippen MR) is 122 cm³/mol. The van der Waals surface area contributed by atoms with Gasteiger partial charge in [0, 0.05) is 12.8 Å². The van der Waals surface area contributed by atoms with Gasteiger partial charge in [-0.3, -0.25) is 4.79 Å². The minimum absolute atomic E-state index is 0.0392. The van der Waals surface area contributed by atoms with E-state index >= 15 is 0 Å². The second-order valence-corrected chi connectivity index (χ2v) is 12.8. The first-order chi connectivity index (χ1) is 14.4. The van der Waals surface area contributed by atoms with E-state index in [0.29, 0.717) is 18.3 Å². The van der Waals surface area contributed by atoms with Gasteiger partial charge in [0.05, 0.1) is 17.6 Å². The van der Waals surface area contributed by atoms with Crippen LogP contribution in [0, 0.1) is 46.3 Å². The van der Waals surface area contributed by atoms with Crippen LogP contribution in [-0.2, 0) is 4.79 Å². The van der Waals surface area contributed by atoms with Gasteiger partial charge in [-0.15, -0.1) is 0 Å². The summed E-state index contributed by atoms with van der Waals surface area (Å²) in [4.78, 5) is 13.3. The van der Waals surface area contributed by atoms with E-state index in [4.69, 9.17) is 0 Å². The van der Waals surface area contributed by atoms with Crippen LogP contribution in [0.5, 0.6) is 0 Å². The number of aliphatic hydroxyl groups excluding tert-OH is 2. The summed E-state index contributed by atoms with van der Waals surface area (Å²) in [6, 6.07) is 0. The van der Waals surface area contributed by atoms with Gasteiger partial charge in [-0.2, -0.15) is 0 Å². The lowest BCUT2D eigenvalue weighted by atomic mass is 9.42. The largest absolute Gasteiger partial charge is 0.393 e. The molecule has 4 heteroatoms. The van der Waals surface area contributed by atoms with Crippen LogP contribution < -0.4 is 0 Å². The van der Waals surface area contributed by atoms with Crippen LogP contribution in [0.4, 0.5) is 0 Å². The van der Waals surface area contributed by atoms with Gasteiger partial charge in [-0.1, -0.05) is 47.0 Å². The number of fused-ring (bicyclic) bond motifs is 5. The third kappa shape index (κ3) is 3.46. The minimum Gasteiger partial charge on any atom is -0.393 e. The molecule has 0 amide bonds. The third-order valence-corrected chi connectivity index (χ3v) is 10.9. The fourth-order valence-corrected chi connectivity index (χ4v) is 9.13. The van der Waals surface area contributed by atoms with E-state index in [2.05, 4.69) is 27.7 Å². The molecule has 0 radical (unpaired) electrons. The Morgan fingerprint density at radius 2 is 1.74 bits per heavy atom. The molecular weight excluding hydrogens is 388 g/mol. The molecule has 0 spiro atoms. The van der Waals surface area contributed by atoms with Crippen LogP contribution in [0.25, 0.3) is 0 Å². The monoisotopic (exact) mass is 434 g/mol. The Labute approximate surface area is 189 Å². The standard InChI is InChI=1S/C27H46O4/c1-16(2)7-6-8-17(3)20-9-10-21-19-14-24(30)27(31)15-18(28)13-23(29)26(27,5)22(19)11-12-25(20,21)4/h16-22,24,28,30-31H,6-15H2,1-5H3/t17?,18-,19?,20?,21?,22?,24+,25+,26-,27-/m0/s1. The van der Waals surface area contributed by atoms with Crippen LogP contribution in [0.3, 0.4) is 0 Å². The van der Waals surface area contributed by atoms with Crippen LogP contribution in [-0.4, -0.2) is 38.9 Å². The van der Waals surface area contributed by atoms with Crippen molar-refractivity contribution in [1.82, 2.24) is 0 Å². The average Bonchev–Trinajstić information content (AvgIpc) is 3.02. The van der Waals surface area contributed by atoms with Gasteiger partial charge in [-0.25, -0.2) is 0 Å². The highest BCUT2D eigenvalue weighted by molar-refractivity contribution is 5.88. The topological polar surface area (TPSA) is 77.8 Å². The fourth-order valence-electron chi connectivity index (χ4n) is 9.13. The van der Waals surface area contributed by atoms with Crippen molar-refractivity contribution in [3.8, 4) is 0 Å². The number of carbonyl (C=O) groups excluding carboxylic acids is 1. The van der Waals surface area contributed by atoms with Crippen molar-refractivity contribution >= 4 is 5.78 Å². The van der Waals surface area contributed by atoms with Gasteiger partial charge >= 0.3 is 0 Å². The highest BCUT2D eigenvalue weighted by Gasteiger charge is 2.70. The van der Waals surface area contributed by atoms with E-state index in [0.717, 1.165) is 30.6 Å². The van der Waals surface area contributed by atoms with Gasteiger partial charge in [0.25, 0.3) is 0 Å².